The minimum absolute atomic E-state index is 0.163. The van der Waals surface area contributed by atoms with Crippen LogP contribution in [0, 0.1) is 0 Å². The molecule has 2 rings (SSSR count). The van der Waals surface area contributed by atoms with Crippen LogP contribution in [0.5, 0.6) is 0 Å². The highest BCUT2D eigenvalue weighted by Gasteiger charge is 2.26. The van der Waals surface area contributed by atoms with Crippen LogP contribution in [-0.2, 0) is 9.53 Å². The number of rotatable bonds is 4. The molecule has 1 aromatic rings. The van der Waals surface area contributed by atoms with Crippen LogP contribution in [0.3, 0.4) is 0 Å². The van der Waals surface area contributed by atoms with Crippen LogP contribution in [0.1, 0.15) is 33.6 Å². The van der Waals surface area contributed by atoms with Crippen LogP contribution in [0.25, 0.3) is 0 Å². The van der Waals surface area contributed by atoms with Gasteiger partial charge in [-0.15, -0.1) is 0 Å². The first-order chi connectivity index (χ1) is 10.3. The Kier molecular flexibility index (Phi) is 5.34. The molecule has 1 saturated heterocycles. The van der Waals surface area contributed by atoms with Crippen LogP contribution in [-0.4, -0.2) is 59.2 Å². The SMILES string of the molecule is CN(CC(=O)OC(C)(C)C)C1CCN(c2ncccn2)CC1. The number of aromatic nitrogens is 2. The third-order valence-electron chi connectivity index (χ3n) is 3.72. The molecule has 0 atom stereocenters. The number of ether oxygens (including phenoxy) is 1. The number of hydrogen-bond donors (Lipinski definition) is 0. The van der Waals surface area contributed by atoms with Crippen molar-refractivity contribution in [2.45, 2.75) is 45.3 Å². The molecule has 0 aliphatic carbocycles. The fourth-order valence-electron chi connectivity index (χ4n) is 2.67. The van der Waals surface area contributed by atoms with Crippen molar-refractivity contribution in [2.24, 2.45) is 0 Å². The first kappa shape index (κ1) is 16.7. The van der Waals surface area contributed by atoms with Gasteiger partial charge < -0.3 is 9.64 Å². The molecular weight excluding hydrogens is 280 g/mol. The largest absolute Gasteiger partial charge is 0.459 e. The zero-order valence-electron chi connectivity index (χ0n) is 14.0. The Balaban J connectivity index is 1.80. The van der Waals surface area contributed by atoms with E-state index in [0.717, 1.165) is 31.9 Å². The van der Waals surface area contributed by atoms with E-state index in [1.165, 1.54) is 0 Å². The van der Waals surface area contributed by atoms with Gasteiger partial charge in [0, 0.05) is 31.5 Å². The molecule has 0 bridgehead atoms. The van der Waals surface area contributed by atoms with Crippen molar-refractivity contribution in [3.05, 3.63) is 18.5 Å². The Bertz CT molecular complexity index is 479. The first-order valence-electron chi connectivity index (χ1n) is 7.79. The van der Waals surface area contributed by atoms with Gasteiger partial charge >= 0.3 is 5.97 Å². The second-order valence-electron chi connectivity index (χ2n) is 6.77. The number of carbonyl (C=O) groups is 1. The van der Waals surface area contributed by atoms with Crippen LogP contribution < -0.4 is 4.90 Å². The molecule has 1 aliphatic rings. The van der Waals surface area contributed by atoms with Gasteiger partial charge in [0.05, 0.1) is 6.54 Å². The van der Waals surface area contributed by atoms with Crippen LogP contribution in [0.2, 0.25) is 0 Å². The number of anilines is 1. The molecule has 22 heavy (non-hydrogen) atoms. The van der Waals surface area contributed by atoms with Crippen molar-refractivity contribution in [1.82, 2.24) is 14.9 Å². The molecule has 6 heteroatoms. The van der Waals surface area contributed by atoms with Crippen molar-refractivity contribution < 1.29 is 9.53 Å². The number of likely N-dealkylation sites (N-methyl/N-ethyl adjacent to an activating group) is 1. The lowest BCUT2D eigenvalue weighted by Crippen LogP contribution is -2.46. The summed E-state index contributed by atoms with van der Waals surface area (Å²) in [6.07, 6.45) is 5.53. The number of carbonyl (C=O) groups excluding carboxylic acids is 1. The van der Waals surface area contributed by atoms with Crippen molar-refractivity contribution in [3.63, 3.8) is 0 Å². The molecule has 0 saturated carbocycles. The smallest absolute Gasteiger partial charge is 0.320 e. The molecule has 0 aromatic carbocycles. The maximum Gasteiger partial charge on any atom is 0.320 e. The van der Waals surface area contributed by atoms with Gasteiger partial charge in [0.2, 0.25) is 5.95 Å². The fourth-order valence-corrected chi connectivity index (χ4v) is 2.67. The lowest BCUT2D eigenvalue weighted by atomic mass is 10.0. The predicted octanol–water partition coefficient (Wildman–Crippen LogP) is 1.72. The molecule has 1 aliphatic heterocycles. The van der Waals surface area contributed by atoms with Crippen LogP contribution in [0.4, 0.5) is 5.95 Å². The van der Waals surface area contributed by atoms with Gasteiger partial charge in [0.25, 0.3) is 0 Å². The lowest BCUT2D eigenvalue weighted by Gasteiger charge is -2.36. The third kappa shape index (κ3) is 4.94. The minimum atomic E-state index is -0.425. The van der Waals surface area contributed by atoms with Crippen molar-refractivity contribution >= 4 is 11.9 Å². The Labute approximate surface area is 132 Å². The summed E-state index contributed by atoms with van der Waals surface area (Å²) in [6.45, 7) is 7.83. The summed E-state index contributed by atoms with van der Waals surface area (Å²) < 4.78 is 5.38. The Morgan fingerprint density at radius 2 is 1.91 bits per heavy atom. The van der Waals surface area contributed by atoms with Crippen molar-refractivity contribution in [3.8, 4) is 0 Å². The van der Waals surface area contributed by atoms with E-state index in [1.807, 2.05) is 33.9 Å². The van der Waals surface area contributed by atoms with Gasteiger partial charge in [0.15, 0.2) is 0 Å². The molecule has 0 amide bonds. The Morgan fingerprint density at radius 1 is 1.32 bits per heavy atom. The zero-order valence-corrected chi connectivity index (χ0v) is 14.0. The van der Waals surface area contributed by atoms with E-state index in [4.69, 9.17) is 4.74 Å². The van der Waals surface area contributed by atoms with E-state index in [0.29, 0.717) is 12.6 Å². The second-order valence-corrected chi connectivity index (χ2v) is 6.77. The summed E-state index contributed by atoms with van der Waals surface area (Å²) in [7, 11) is 1.99. The average Bonchev–Trinajstić information content (AvgIpc) is 2.46. The van der Waals surface area contributed by atoms with Gasteiger partial charge in [-0.3, -0.25) is 9.69 Å². The Hall–Kier alpha value is -1.69. The van der Waals surface area contributed by atoms with E-state index < -0.39 is 5.60 Å². The molecule has 0 spiro atoms. The van der Waals surface area contributed by atoms with Gasteiger partial charge in [-0.25, -0.2) is 9.97 Å². The van der Waals surface area contributed by atoms with Crippen LogP contribution in [0.15, 0.2) is 18.5 Å². The van der Waals surface area contributed by atoms with E-state index in [2.05, 4.69) is 19.8 Å². The molecular formula is C16H26N4O2. The molecule has 1 aromatic heterocycles. The van der Waals surface area contributed by atoms with Crippen LogP contribution >= 0.6 is 0 Å². The fraction of sp³-hybridized carbons (Fsp3) is 0.688. The number of piperidine rings is 1. The second kappa shape index (κ2) is 7.05. The summed E-state index contributed by atoms with van der Waals surface area (Å²) in [5.74, 6) is 0.625. The van der Waals surface area contributed by atoms with Gasteiger partial charge in [0.1, 0.15) is 5.60 Å². The molecule has 0 unspecified atom stereocenters. The Morgan fingerprint density at radius 3 is 2.45 bits per heavy atom. The quantitative estimate of drug-likeness (QED) is 0.790. The van der Waals surface area contributed by atoms with E-state index in [1.54, 1.807) is 12.4 Å². The van der Waals surface area contributed by atoms with E-state index >= 15 is 0 Å². The van der Waals surface area contributed by atoms with Crippen molar-refractivity contribution in [1.29, 1.82) is 0 Å². The van der Waals surface area contributed by atoms with Gasteiger partial charge in [-0.1, -0.05) is 0 Å². The molecule has 1 fully saturated rings. The number of hydrogen-bond acceptors (Lipinski definition) is 6. The molecule has 122 valence electrons. The molecule has 6 nitrogen and oxygen atoms in total. The first-order valence-corrected chi connectivity index (χ1v) is 7.79. The maximum absolute atomic E-state index is 11.9. The monoisotopic (exact) mass is 306 g/mol. The van der Waals surface area contributed by atoms with E-state index in [-0.39, 0.29) is 5.97 Å². The summed E-state index contributed by atoms with van der Waals surface area (Å²) in [6, 6.07) is 2.22. The predicted molar refractivity (Wildman–Crippen MR) is 85.7 cm³/mol. The maximum atomic E-state index is 11.9. The standard InChI is InChI=1S/C16H26N4O2/c1-16(2,3)22-14(21)12-19(4)13-6-10-20(11-7-13)15-17-8-5-9-18-15/h5,8-9,13H,6-7,10-12H2,1-4H3. The summed E-state index contributed by atoms with van der Waals surface area (Å²) >= 11 is 0. The highest BCUT2D eigenvalue weighted by Crippen LogP contribution is 2.19. The highest BCUT2D eigenvalue weighted by atomic mass is 16.6. The lowest BCUT2D eigenvalue weighted by molar-refractivity contribution is -0.156. The van der Waals surface area contributed by atoms with Crippen molar-refractivity contribution in [2.75, 3.05) is 31.6 Å². The summed E-state index contributed by atoms with van der Waals surface area (Å²) in [4.78, 5) is 24.8. The minimum Gasteiger partial charge on any atom is -0.459 e. The summed E-state index contributed by atoms with van der Waals surface area (Å²) in [5.41, 5.74) is -0.425. The van der Waals surface area contributed by atoms with Gasteiger partial charge in [-0.05, 0) is 46.7 Å². The summed E-state index contributed by atoms with van der Waals surface area (Å²) in [5, 5.41) is 0. The third-order valence-corrected chi connectivity index (χ3v) is 3.72. The highest BCUT2D eigenvalue weighted by molar-refractivity contribution is 5.72. The molecule has 0 N–H and O–H groups in total. The molecule has 0 radical (unpaired) electrons. The average molecular weight is 306 g/mol. The number of esters is 1. The normalized spacial score (nSPS) is 16.9. The zero-order chi connectivity index (χ0) is 16.2. The molecule has 2 heterocycles. The topological polar surface area (TPSA) is 58.6 Å². The van der Waals surface area contributed by atoms with Gasteiger partial charge in [-0.2, -0.15) is 0 Å². The van der Waals surface area contributed by atoms with E-state index in [9.17, 15) is 4.79 Å². The number of nitrogens with zero attached hydrogens (tertiary/aromatic N) is 4.